The average Bonchev–Trinajstić information content (AvgIpc) is 3.46. The molecule has 3 heterocycles. The van der Waals surface area contributed by atoms with E-state index in [1.165, 1.54) is 19.3 Å². The van der Waals surface area contributed by atoms with Gasteiger partial charge in [-0.3, -0.25) is 9.69 Å². The van der Waals surface area contributed by atoms with Gasteiger partial charge in [-0.15, -0.1) is 5.10 Å². The molecule has 2 aromatic heterocycles. The second-order valence-electron chi connectivity index (χ2n) is 9.07. The van der Waals surface area contributed by atoms with Gasteiger partial charge in [-0.05, 0) is 72.8 Å². The van der Waals surface area contributed by atoms with Crippen LogP contribution in [0.1, 0.15) is 68.9 Å². The first kappa shape index (κ1) is 20.2. The molecule has 8 heteroatoms. The number of aromatic nitrogens is 5. The van der Waals surface area contributed by atoms with Gasteiger partial charge in [0.25, 0.3) is 5.56 Å². The van der Waals surface area contributed by atoms with Crippen LogP contribution in [0.5, 0.6) is 5.75 Å². The minimum Gasteiger partial charge on any atom is -0.497 e. The number of tetrazole rings is 1. The van der Waals surface area contributed by atoms with Crippen LogP contribution in [0.25, 0.3) is 10.9 Å². The number of methoxy groups -OCH3 is 1. The molecule has 0 spiro atoms. The number of aromatic amines is 1. The van der Waals surface area contributed by atoms with Crippen molar-refractivity contribution >= 4 is 10.9 Å². The van der Waals surface area contributed by atoms with Gasteiger partial charge in [0, 0.05) is 23.0 Å². The van der Waals surface area contributed by atoms with Gasteiger partial charge in [0.15, 0.2) is 5.82 Å². The Labute approximate surface area is 181 Å². The van der Waals surface area contributed by atoms with E-state index in [1.54, 1.807) is 7.11 Å². The maximum Gasteiger partial charge on any atom is 0.253 e. The first-order valence-corrected chi connectivity index (χ1v) is 11.4. The average molecular weight is 423 g/mol. The predicted molar refractivity (Wildman–Crippen MR) is 118 cm³/mol. The van der Waals surface area contributed by atoms with E-state index in [2.05, 4.69) is 32.3 Å². The summed E-state index contributed by atoms with van der Waals surface area (Å²) in [4.78, 5) is 18.8. The summed E-state index contributed by atoms with van der Waals surface area (Å²) >= 11 is 0. The Balaban J connectivity index is 1.65. The summed E-state index contributed by atoms with van der Waals surface area (Å²) in [5.41, 5.74) is 1.42. The van der Waals surface area contributed by atoms with E-state index in [-0.39, 0.29) is 11.6 Å². The Bertz CT molecular complexity index is 1120. The van der Waals surface area contributed by atoms with Gasteiger partial charge in [-0.2, -0.15) is 0 Å². The number of ether oxygens (including phenoxy) is 1. The van der Waals surface area contributed by atoms with Crippen LogP contribution >= 0.6 is 0 Å². The van der Waals surface area contributed by atoms with Gasteiger partial charge in [0.2, 0.25) is 0 Å². The minimum absolute atomic E-state index is 0.0816. The second kappa shape index (κ2) is 8.42. The summed E-state index contributed by atoms with van der Waals surface area (Å²) < 4.78 is 7.40. The number of fused-ring (bicyclic) bond motifs is 1. The standard InChI is InChI=1S/C23H30N6O2/c1-15-6-5-11-28(14-15)21(22-25-26-27-29(22)17-7-3-4-8-17)19-13-16-12-18(31-2)9-10-20(16)24-23(19)30/h9-10,12-13,15,17,21H,3-8,11,14H2,1-2H3,(H,24,30)/t15-,21-/m0/s1. The molecule has 1 saturated carbocycles. The third-order valence-corrected chi connectivity index (χ3v) is 6.86. The van der Waals surface area contributed by atoms with Crippen LogP contribution in [0.3, 0.4) is 0 Å². The maximum absolute atomic E-state index is 13.3. The number of hydrogen-bond donors (Lipinski definition) is 1. The predicted octanol–water partition coefficient (Wildman–Crippen LogP) is 3.46. The van der Waals surface area contributed by atoms with Gasteiger partial charge in [0.05, 0.1) is 13.2 Å². The van der Waals surface area contributed by atoms with Crippen LogP contribution in [0.15, 0.2) is 29.1 Å². The van der Waals surface area contributed by atoms with Gasteiger partial charge in [0.1, 0.15) is 11.8 Å². The maximum atomic E-state index is 13.3. The molecule has 1 aromatic carbocycles. The fourth-order valence-corrected chi connectivity index (χ4v) is 5.28. The Morgan fingerprint density at radius 2 is 2.00 bits per heavy atom. The Morgan fingerprint density at radius 1 is 1.16 bits per heavy atom. The van der Waals surface area contributed by atoms with Crippen LogP contribution < -0.4 is 10.3 Å². The number of H-pyrrole nitrogens is 1. The van der Waals surface area contributed by atoms with E-state index in [4.69, 9.17) is 4.74 Å². The Morgan fingerprint density at radius 3 is 2.77 bits per heavy atom. The molecule has 2 aliphatic rings. The Hall–Kier alpha value is -2.74. The fourth-order valence-electron chi connectivity index (χ4n) is 5.28. The van der Waals surface area contributed by atoms with E-state index in [0.29, 0.717) is 17.5 Å². The van der Waals surface area contributed by atoms with Gasteiger partial charge < -0.3 is 9.72 Å². The van der Waals surface area contributed by atoms with Crippen molar-refractivity contribution in [1.29, 1.82) is 0 Å². The molecule has 3 aromatic rings. The molecule has 1 N–H and O–H groups in total. The third kappa shape index (κ3) is 3.84. The van der Waals surface area contributed by atoms with Crippen molar-refractivity contribution < 1.29 is 4.74 Å². The number of piperidine rings is 1. The largest absolute Gasteiger partial charge is 0.497 e. The lowest BCUT2D eigenvalue weighted by Gasteiger charge is -2.36. The van der Waals surface area contributed by atoms with Gasteiger partial charge in [-0.25, -0.2) is 4.68 Å². The normalized spacial score (nSPS) is 21.5. The summed E-state index contributed by atoms with van der Waals surface area (Å²) in [5.74, 6) is 2.13. The second-order valence-corrected chi connectivity index (χ2v) is 9.07. The van der Waals surface area contributed by atoms with Crippen molar-refractivity contribution in [2.24, 2.45) is 5.92 Å². The zero-order valence-electron chi connectivity index (χ0n) is 18.3. The van der Waals surface area contributed by atoms with E-state index in [9.17, 15) is 4.79 Å². The molecule has 2 atom stereocenters. The number of rotatable bonds is 5. The first-order chi connectivity index (χ1) is 15.1. The first-order valence-electron chi connectivity index (χ1n) is 11.4. The van der Waals surface area contributed by atoms with E-state index in [1.807, 2.05) is 28.9 Å². The van der Waals surface area contributed by atoms with Crippen molar-refractivity contribution in [3.63, 3.8) is 0 Å². The molecule has 5 rings (SSSR count). The molecule has 0 amide bonds. The van der Waals surface area contributed by atoms with Crippen LogP contribution in [-0.4, -0.2) is 50.3 Å². The highest BCUT2D eigenvalue weighted by molar-refractivity contribution is 5.80. The van der Waals surface area contributed by atoms with Crippen LogP contribution in [0.4, 0.5) is 0 Å². The van der Waals surface area contributed by atoms with Crippen molar-refractivity contribution in [1.82, 2.24) is 30.1 Å². The molecule has 0 bridgehead atoms. The number of benzene rings is 1. The lowest BCUT2D eigenvalue weighted by Crippen LogP contribution is -2.41. The summed E-state index contributed by atoms with van der Waals surface area (Å²) in [7, 11) is 1.65. The molecule has 31 heavy (non-hydrogen) atoms. The van der Waals surface area contributed by atoms with E-state index < -0.39 is 0 Å². The topological polar surface area (TPSA) is 88.9 Å². The van der Waals surface area contributed by atoms with Crippen LogP contribution in [-0.2, 0) is 0 Å². The lowest BCUT2D eigenvalue weighted by atomic mass is 9.95. The van der Waals surface area contributed by atoms with Gasteiger partial charge in [-0.1, -0.05) is 19.8 Å². The fraction of sp³-hybridized carbons (Fsp3) is 0.565. The van der Waals surface area contributed by atoms with E-state index in [0.717, 1.165) is 54.8 Å². The van der Waals surface area contributed by atoms with E-state index >= 15 is 0 Å². The lowest BCUT2D eigenvalue weighted by molar-refractivity contribution is 0.139. The smallest absolute Gasteiger partial charge is 0.253 e. The monoisotopic (exact) mass is 422 g/mol. The van der Waals surface area contributed by atoms with Crippen molar-refractivity contribution in [2.45, 2.75) is 57.5 Å². The minimum atomic E-state index is -0.266. The Kier molecular flexibility index (Phi) is 5.48. The van der Waals surface area contributed by atoms with Crippen molar-refractivity contribution in [3.05, 3.63) is 46.0 Å². The summed E-state index contributed by atoms with van der Waals surface area (Å²) in [6.45, 7) is 4.14. The molecule has 0 unspecified atom stereocenters. The highest BCUT2D eigenvalue weighted by atomic mass is 16.5. The molecular formula is C23H30N6O2. The highest BCUT2D eigenvalue weighted by Gasteiger charge is 2.34. The molecular weight excluding hydrogens is 392 g/mol. The van der Waals surface area contributed by atoms with Crippen molar-refractivity contribution in [3.8, 4) is 5.75 Å². The molecule has 0 radical (unpaired) electrons. The quantitative estimate of drug-likeness (QED) is 0.677. The molecule has 1 aliphatic carbocycles. The van der Waals surface area contributed by atoms with Crippen molar-refractivity contribution in [2.75, 3.05) is 20.2 Å². The molecule has 164 valence electrons. The highest BCUT2D eigenvalue weighted by Crippen LogP contribution is 2.35. The summed E-state index contributed by atoms with van der Waals surface area (Å²) in [6, 6.07) is 7.76. The zero-order valence-corrected chi connectivity index (χ0v) is 18.3. The number of hydrogen-bond acceptors (Lipinski definition) is 6. The van der Waals surface area contributed by atoms with Crippen LogP contribution in [0, 0.1) is 5.92 Å². The molecule has 1 saturated heterocycles. The molecule has 1 aliphatic heterocycles. The number of nitrogens with zero attached hydrogens (tertiary/aromatic N) is 5. The molecule has 8 nitrogen and oxygen atoms in total. The number of likely N-dealkylation sites (tertiary alicyclic amines) is 1. The van der Waals surface area contributed by atoms with Crippen LogP contribution in [0.2, 0.25) is 0 Å². The summed E-state index contributed by atoms with van der Waals surface area (Å²) in [5, 5.41) is 13.8. The number of nitrogens with one attached hydrogen (secondary N) is 1. The SMILES string of the molecule is COc1ccc2[nH]c(=O)c([C@@H](c3nnnn3C3CCCC3)N3CCC[C@H](C)C3)cc2c1. The van der Waals surface area contributed by atoms with Gasteiger partial charge >= 0.3 is 0 Å². The third-order valence-electron chi connectivity index (χ3n) is 6.86. The number of pyridine rings is 1. The summed E-state index contributed by atoms with van der Waals surface area (Å²) in [6.07, 6.45) is 6.90. The zero-order chi connectivity index (χ0) is 21.4. The molecule has 2 fully saturated rings.